The van der Waals surface area contributed by atoms with E-state index >= 15 is 0 Å². The molecule has 1 spiro atoms. The van der Waals surface area contributed by atoms with Crippen LogP contribution in [0.1, 0.15) is 55.1 Å². The van der Waals surface area contributed by atoms with Gasteiger partial charge in [0.15, 0.2) is 12.0 Å². The maximum Gasteiger partial charge on any atom is 0.343 e. The van der Waals surface area contributed by atoms with E-state index in [-0.39, 0.29) is 55.1 Å². The number of hydrogen-bond donors (Lipinski definition) is 7. The molecule has 3 amide bonds. The van der Waals surface area contributed by atoms with E-state index in [0.29, 0.717) is 5.56 Å². The molecule has 2 saturated heterocycles. The predicted molar refractivity (Wildman–Crippen MR) is 136 cm³/mol. The summed E-state index contributed by atoms with van der Waals surface area (Å²) in [6.45, 7) is 7.76. The highest BCUT2D eigenvalue weighted by molar-refractivity contribution is 6.02. The summed E-state index contributed by atoms with van der Waals surface area (Å²) >= 11 is 0. The number of hydrogen-bond acceptors (Lipinski definition) is 10. The molecule has 13 nitrogen and oxygen atoms in total. The molecule has 1 aromatic carbocycles. The van der Waals surface area contributed by atoms with Gasteiger partial charge in [-0.25, -0.2) is 10.3 Å². The zero-order valence-electron chi connectivity index (χ0n) is 21.9. The molecule has 204 valence electrons. The van der Waals surface area contributed by atoms with E-state index in [2.05, 4.69) is 20.6 Å². The highest BCUT2D eigenvalue weighted by Crippen LogP contribution is 2.41. The van der Waals surface area contributed by atoms with Gasteiger partial charge in [-0.15, -0.1) is 0 Å². The van der Waals surface area contributed by atoms with Gasteiger partial charge in [0, 0.05) is 18.4 Å². The summed E-state index contributed by atoms with van der Waals surface area (Å²) in [5.41, 5.74) is 12.6. The second-order valence-electron chi connectivity index (χ2n) is 11.5. The molecule has 0 bridgehead atoms. The molecule has 4 heterocycles. The fourth-order valence-corrected chi connectivity index (χ4v) is 6.42. The van der Waals surface area contributed by atoms with Crippen molar-refractivity contribution in [2.24, 2.45) is 16.5 Å². The number of carbonyl (C=O) groups is 3. The highest BCUT2D eigenvalue weighted by Gasteiger charge is 2.76. The third-order valence-corrected chi connectivity index (χ3v) is 7.98. The minimum atomic E-state index is -2.59. The second kappa shape index (κ2) is 8.40. The third-order valence-electron chi connectivity index (χ3n) is 7.98. The molecule has 13 heteroatoms. The molecular formula is C25H35N8O5+. The molecule has 0 radical (unpaired) electrons. The molecular weight excluding hydrogens is 492 g/mol. The van der Waals surface area contributed by atoms with Crippen LogP contribution in [0.5, 0.6) is 0 Å². The Bertz CT molecular complexity index is 1270. The molecule has 1 aromatic rings. The number of nitrogens with zero attached hydrogens (tertiary/aromatic N) is 3. The van der Waals surface area contributed by atoms with E-state index in [1.807, 2.05) is 33.8 Å². The molecule has 0 aromatic heterocycles. The fraction of sp³-hybridized carbons (Fsp3) is 0.560. The standard InChI is InChI=1S/C25H34N8O5/c1-12-6-5-7-13(18(12)23(2,3)4)20(36)29-15-11-33-22(27)28-14(10-32-16(34)8-9-17(32)35)19-24(33,25(15,37)38)31-21(26)30-19/h5-7,14-15,19,37-38H,8-11H2,1-4H3,(H2,27,28)(H,29,36)(H3,26,30,31)/p+1/t14-,15?,19-,24-/m0/s1. The van der Waals surface area contributed by atoms with Crippen molar-refractivity contribution in [3.63, 3.8) is 0 Å². The number of aryl methyl sites for hydroxylation is 1. The maximum atomic E-state index is 13.6. The van der Waals surface area contributed by atoms with Crippen LogP contribution in [0, 0.1) is 6.92 Å². The highest BCUT2D eigenvalue weighted by atomic mass is 16.5. The van der Waals surface area contributed by atoms with Gasteiger partial charge in [0.2, 0.25) is 17.6 Å². The maximum absolute atomic E-state index is 13.6. The lowest BCUT2D eigenvalue weighted by atomic mass is 9.80. The molecule has 0 aliphatic carbocycles. The molecule has 2 fully saturated rings. The van der Waals surface area contributed by atoms with Gasteiger partial charge in [-0.1, -0.05) is 32.9 Å². The Labute approximate surface area is 220 Å². The van der Waals surface area contributed by atoms with E-state index in [1.54, 1.807) is 12.1 Å². The number of nitrogens with two attached hydrogens (primary N) is 2. The van der Waals surface area contributed by atoms with Gasteiger partial charge in [-0.2, -0.15) is 0 Å². The van der Waals surface area contributed by atoms with Crippen LogP contribution in [0.15, 0.2) is 23.2 Å². The van der Waals surface area contributed by atoms with E-state index in [9.17, 15) is 24.6 Å². The average molecular weight is 528 g/mol. The molecule has 0 saturated carbocycles. The van der Waals surface area contributed by atoms with Crippen molar-refractivity contribution in [3.05, 3.63) is 34.9 Å². The van der Waals surface area contributed by atoms with Crippen molar-refractivity contribution in [1.29, 1.82) is 0 Å². The van der Waals surface area contributed by atoms with Crippen LogP contribution in [0.2, 0.25) is 0 Å². The Morgan fingerprint density at radius 3 is 2.53 bits per heavy atom. The summed E-state index contributed by atoms with van der Waals surface area (Å²) in [6.07, 6.45) is 0.223. The molecule has 4 atom stereocenters. The number of rotatable bonds is 4. The summed E-state index contributed by atoms with van der Waals surface area (Å²) in [5, 5.41) is 29.1. The van der Waals surface area contributed by atoms with Crippen molar-refractivity contribution in [2.45, 2.75) is 75.5 Å². The van der Waals surface area contributed by atoms with Crippen LogP contribution in [-0.2, 0) is 15.0 Å². The van der Waals surface area contributed by atoms with Crippen molar-refractivity contribution in [3.8, 4) is 0 Å². The zero-order chi connectivity index (χ0) is 27.8. The lowest BCUT2D eigenvalue weighted by Crippen LogP contribution is -2.90. The number of amides is 3. The van der Waals surface area contributed by atoms with Crippen LogP contribution in [-0.4, -0.2) is 92.3 Å². The van der Waals surface area contributed by atoms with Gasteiger partial charge in [0.25, 0.3) is 11.6 Å². The van der Waals surface area contributed by atoms with Crippen LogP contribution >= 0.6 is 0 Å². The number of carbonyl (C=O) groups excluding carboxylic acids is 3. The van der Waals surface area contributed by atoms with Gasteiger partial charge >= 0.3 is 5.96 Å². The Balaban J connectivity index is 1.48. The Morgan fingerprint density at radius 1 is 1.24 bits per heavy atom. The number of guanidine groups is 2. The van der Waals surface area contributed by atoms with Gasteiger partial charge in [0.05, 0.1) is 13.1 Å². The molecule has 1 unspecified atom stereocenters. The van der Waals surface area contributed by atoms with E-state index in [4.69, 9.17) is 11.5 Å². The smallest absolute Gasteiger partial charge is 0.343 e. The topological polar surface area (TPSA) is 201 Å². The molecule has 9 N–H and O–H groups in total. The summed E-state index contributed by atoms with van der Waals surface area (Å²) in [5.74, 6) is -3.71. The number of benzene rings is 1. The van der Waals surface area contributed by atoms with E-state index < -0.39 is 35.5 Å². The predicted octanol–water partition coefficient (Wildman–Crippen LogP) is -3.70. The van der Waals surface area contributed by atoms with E-state index in [1.165, 1.54) is 4.90 Å². The minimum Gasteiger partial charge on any atom is -0.370 e. The molecule has 4 aliphatic heterocycles. The first kappa shape index (κ1) is 25.9. The molecule has 38 heavy (non-hydrogen) atoms. The van der Waals surface area contributed by atoms with Crippen molar-refractivity contribution < 1.29 is 29.6 Å². The Hall–Kier alpha value is -3.71. The summed E-state index contributed by atoms with van der Waals surface area (Å²) in [4.78, 5) is 48.2. The summed E-state index contributed by atoms with van der Waals surface area (Å²) < 4.78 is 0. The Morgan fingerprint density at radius 2 is 1.89 bits per heavy atom. The third kappa shape index (κ3) is 3.63. The van der Waals surface area contributed by atoms with Gasteiger partial charge in [0.1, 0.15) is 12.1 Å². The SMILES string of the molecule is Cc1cccc(C(=O)NC2CN3C(N)=N[C@@H](CN4C(=O)CCC4=O)[C@@H]4[NH+]=C(N)N[C@@]43C2(O)O)c1C(C)(C)C. The lowest BCUT2D eigenvalue weighted by molar-refractivity contribution is -0.521. The minimum absolute atomic E-state index is 0.0375. The van der Waals surface area contributed by atoms with Crippen LogP contribution in [0.4, 0.5) is 0 Å². The van der Waals surface area contributed by atoms with Crippen molar-refractivity contribution in [1.82, 2.24) is 20.4 Å². The number of aliphatic imine (C=N–C) groups is 1. The zero-order valence-corrected chi connectivity index (χ0v) is 21.9. The van der Waals surface area contributed by atoms with Crippen LogP contribution in [0.3, 0.4) is 0 Å². The normalized spacial score (nSPS) is 30.0. The monoisotopic (exact) mass is 527 g/mol. The first-order chi connectivity index (χ1) is 17.7. The first-order valence-electron chi connectivity index (χ1n) is 12.7. The van der Waals surface area contributed by atoms with Crippen molar-refractivity contribution in [2.75, 3.05) is 13.1 Å². The van der Waals surface area contributed by atoms with Crippen molar-refractivity contribution >= 4 is 29.6 Å². The number of imide groups is 1. The second-order valence-corrected chi connectivity index (χ2v) is 11.5. The summed E-state index contributed by atoms with van der Waals surface area (Å²) in [6, 6.07) is 2.50. The lowest BCUT2D eigenvalue weighted by Gasteiger charge is -2.46. The average Bonchev–Trinajstić information content (AvgIpc) is 3.41. The van der Waals surface area contributed by atoms with Crippen LogP contribution in [0.25, 0.3) is 0 Å². The molecule has 4 aliphatic rings. The quantitative estimate of drug-likeness (QED) is 0.152. The summed E-state index contributed by atoms with van der Waals surface area (Å²) in [7, 11) is 0. The largest absolute Gasteiger partial charge is 0.370 e. The van der Waals surface area contributed by atoms with Gasteiger partial charge in [-0.05, 0) is 29.5 Å². The van der Waals surface area contributed by atoms with Gasteiger partial charge in [-0.3, -0.25) is 34.9 Å². The van der Waals surface area contributed by atoms with E-state index in [0.717, 1.165) is 16.0 Å². The Kier molecular flexibility index (Phi) is 5.73. The molecule has 5 rings (SSSR count). The first-order valence-corrected chi connectivity index (χ1v) is 12.7. The fourth-order valence-electron chi connectivity index (χ4n) is 6.42. The van der Waals surface area contributed by atoms with Crippen LogP contribution < -0.4 is 27.1 Å². The number of nitrogens with one attached hydrogen (secondary N) is 3. The number of aliphatic hydroxyl groups is 2. The van der Waals surface area contributed by atoms with Gasteiger partial charge < -0.3 is 21.3 Å². The number of likely N-dealkylation sites (tertiary alicyclic amines) is 1.